The fourth-order valence-electron chi connectivity index (χ4n) is 4.72. The Labute approximate surface area is 200 Å². The summed E-state index contributed by atoms with van der Waals surface area (Å²) in [5.41, 5.74) is 1.36. The van der Waals surface area contributed by atoms with E-state index < -0.39 is 5.66 Å². The number of nitrogens with one attached hydrogen (secondary N) is 1. The van der Waals surface area contributed by atoms with Crippen molar-refractivity contribution in [2.75, 3.05) is 18.1 Å². The zero-order valence-electron chi connectivity index (χ0n) is 19.9. The number of carbonyl (C=O) groups is 3. The van der Waals surface area contributed by atoms with Crippen LogP contribution in [0.1, 0.15) is 68.3 Å². The number of amides is 3. The Kier molecular flexibility index (Phi) is 7.14. The summed E-state index contributed by atoms with van der Waals surface area (Å²) in [6.07, 6.45) is 5.44. The van der Waals surface area contributed by atoms with Crippen molar-refractivity contribution in [2.24, 2.45) is 0 Å². The van der Waals surface area contributed by atoms with Gasteiger partial charge in [0.25, 0.3) is 5.91 Å². The van der Waals surface area contributed by atoms with Crippen LogP contribution in [0.15, 0.2) is 42.6 Å². The summed E-state index contributed by atoms with van der Waals surface area (Å²) in [5.74, 6) is 0.387. The Balaban J connectivity index is 1.34. The van der Waals surface area contributed by atoms with E-state index in [1.807, 2.05) is 37.3 Å². The molecule has 8 heteroatoms. The highest BCUT2D eigenvalue weighted by molar-refractivity contribution is 6.10. The molecule has 0 aliphatic carbocycles. The fraction of sp³-hybridized carbons (Fsp3) is 0.462. The molecule has 2 aliphatic rings. The minimum atomic E-state index is -0.695. The Morgan fingerprint density at radius 2 is 2.00 bits per heavy atom. The maximum atomic E-state index is 13.3. The average molecular weight is 465 g/mol. The molecule has 0 spiro atoms. The zero-order valence-corrected chi connectivity index (χ0v) is 19.9. The number of unbranched alkanes of at least 4 members (excludes halogenated alkanes) is 1. The number of benzene rings is 1. The van der Waals surface area contributed by atoms with Crippen molar-refractivity contribution in [2.45, 2.75) is 64.6 Å². The lowest BCUT2D eigenvalue weighted by Crippen LogP contribution is -2.62. The normalized spacial score (nSPS) is 19.1. The number of aromatic nitrogens is 1. The fourth-order valence-corrected chi connectivity index (χ4v) is 4.72. The molecule has 1 fully saturated rings. The highest BCUT2D eigenvalue weighted by atomic mass is 16.5. The van der Waals surface area contributed by atoms with E-state index in [9.17, 15) is 14.4 Å². The van der Waals surface area contributed by atoms with E-state index in [4.69, 9.17) is 4.74 Å². The van der Waals surface area contributed by atoms with Crippen molar-refractivity contribution in [3.05, 3.63) is 53.7 Å². The molecule has 1 atom stereocenters. The number of hydrogen-bond acceptors (Lipinski definition) is 5. The van der Waals surface area contributed by atoms with Crippen LogP contribution in [-0.4, -0.2) is 46.4 Å². The second-order valence-electron chi connectivity index (χ2n) is 8.97. The van der Waals surface area contributed by atoms with Crippen molar-refractivity contribution in [3.63, 3.8) is 0 Å². The van der Waals surface area contributed by atoms with Crippen LogP contribution in [0, 0.1) is 0 Å². The standard InChI is InChI=1S/C26H32N4O4/c1-3-4-17-34-24-19(9-7-15-27-24)18-28-22(31)12-8-16-29-25(33)20-10-5-6-11-21(20)30-23(32)13-14-26(29,30)2/h5-7,9-11,15H,3-4,8,12-14,16-18H2,1-2H3,(H,28,31). The van der Waals surface area contributed by atoms with Gasteiger partial charge in [-0.3, -0.25) is 19.3 Å². The number of para-hydroxylation sites is 1. The molecule has 1 saturated heterocycles. The van der Waals surface area contributed by atoms with Crippen LogP contribution in [0.25, 0.3) is 0 Å². The smallest absolute Gasteiger partial charge is 0.257 e. The number of pyridine rings is 1. The van der Waals surface area contributed by atoms with E-state index in [1.165, 1.54) is 0 Å². The Morgan fingerprint density at radius 3 is 2.82 bits per heavy atom. The molecular weight excluding hydrogens is 432 g/mol. The molecule has 0 saturated carbocycles. The minimum Gasteiger partial charge on any atom is -0.477 e. The summed E-state index contributed by atoms with van der Waals surface area (Å²) in [6, 6.07) is 11.0. The Morgan fingerprint density at radius 1 is 1.18 bits per heavy atom. The molecule has 1 N–H and O–H groups in total. The van der Waals surface area contributed by atoms with Gasteiger partial charge < -0.3 is 15.0 Å². The van der Waals surface area contributed by atoms with Gasteiger partial charge in [0.2, 0.25) is 17.7 Å². The summed E-state index contributed by atoms with van der Waals surface area (Å²) >= 11 is 0. The number of rotatable bonds is 10. The highest BCUT2D eigenvalue weighted by Gasteiger charge is 2.52. The maximum absolute atomic E-state index is 13.3. The van der Waals surface area contributed by atoms with Gasteiger partial charge in [0.15, 0.2) is 0 Å². The first-order valence-corrected chi connectivity index (χ1v) is 12.0. The first-order valence-electron chi connectivity index (χ1n) is 12.0. The van der Waals surface area contributed by atoms with E-state index >= 15 is 0 Å². The van der Waals surface area contributed by atoms with Crippen molar-refractivity contribution >= 4 is 23.4 Å². The molecule has 180 valence electrons. The monoisotopic (exact) mass is 464 g/mol. The summed E-state index contributed by atoms with van der Waals surface area (Å²) in [6.45, 7) is 5.37. The van der Waals surface area contributed by atoms with Crippen LogP contribution in [-0.2, 0) is 16.1 Å². The van der Waals surface area contributed by atoms with Gasteiger partial charge in [-0.25, -0.2) is 4.98 Å². The predicted molar refractivity (Wildman–Crippen MR) is 128 cm³/mol. The third kappa shape index (κ3) is 4.62. The number of hydrogen-bond donors (Lipinski definition) is 1. The number of ether oxygens (including phenoxy) is 1. The number of anilines is 1. The SMILES string of the molecule is CCCCOc1ncccc1CNC(=O)CCCN1C(=O)c2ccccc2N2C(=O)CCC12C. The van der Waals surface area contributed by atoms with E-state index in [2.05, 4.69) is 17.2 Å². The first kappa shape index (κ1) is 23.7. The van der Waals surface area contributed by atoms with Crippen LogP contribution in [0.3, 0.4) is 0 Å². The lowest BCUT2D eigenvalue weighted by atomic mass is 9.98. The quantitative estimate of drug-likeness (QED) is 0.542. The van der Waals surface area contributed by atoms with E-state index in [1.54, 1.807) is 22.1 Å². The average Bonchev–Trinajstić information content (AvgIpc) is 3.15. The topological polar surface area (TPSA) is 91.8 Å². The molecule has 1 aromatic carbocycles. The van der Waals surface area contributed by atoms with Gasteiger partial charge in [-0.2, -0.15) is 0 Å². The zero-order chi connectivity index (χ0) is 24.1. The second-order valence-corrected chi connectivity index (χ2v) is 8.97. The third-order valence-electron chi connectivity index (χ3n) is 6.59. The van der Waals surface area contributed by atoms with Crippen LogP contribution < -0.4 is 15.0 Å². The Bertz CT molecular complexity index is 1070. The van der Waals surface area contributed by atoms with Gasteiger partial charge in [-0.15, -0.1) is 0 Å². The van der Waals surface area contributed by atoms with Crippen LogP contribution >= 0.6 is 0 Å². The summed E-state index contributed by atoms with van der Waals surface area (Å²) in [5, 5.41) is 2.93. The summed E-state index contributed by atoms with van der Waals surface area (Å²) in [7, 11) is 0. The molecule has 1 aromatic heterocycles. The molecule has 8 nitrogen and oxygen atoms in total. The van der Waals surface area contributed by atoms with Gasteiger partial charge in [0, 0.05) is 37.7 Å². The molecule has 0 bridgehead atoms. The molecule has 1 unspecified atom stereocenters. The van der Waals surface area contributed by atoms with Gasteiger partial charge in [-0.1, -0.05) is 31.5 Å². The van der Waals surface area contributed by atoms with Gasteiger partial charge >= 0.3 is 0 Å². The van der Waals surface area contributed by atoms with Gasteiger partial charge in [0.1, 0.15) is 5.66 Å². The Hall–Kier alpha value is -3.42. The van der Waals surface area contributed by atoms with Gasteiger partial charge in [0.05, 0.1) is 17.9 Å². The van der Waals surface area contributed by atoms with Crippen molar-refractivity contribution in [1.29, 1.82) is 0 Å². The van der Waals surface area contributed by atoms with E-state index in [0.29, 0.717) is 56.1 Å². The van der Waals surface area contributed by atoms with Crippen LogP contribution in [0.2, 0.25) is 0 Å². The van der Waals surface area contributed by atoms with Gasteiger partial charge in [-0.05, 0) is 44.4 Å². The lowest BCUT2D eigenvalue weighted by Gasteiger charge is -2.48. The summed E-state index contributed by atoms with van der Waals surface area (Å²) in [4.78, 5) is 46.2. The molecule has 34 heavy (non-hydrogen) atoms. The molecule has 3 heterocycles. The van der Waals surface area contributed by atoms with E-state index in [-0.39, 0.29) is 24.1 Å². The predicted octanol–water partition coefficient (Wildman–Crippen LogP) is 3.66. The molecule has 2 aromatic rings. The second kappa shape index (κ2) is 10.2. The number of carbonyl (C=O) groups excluding carboxylic acids is 3. The third-order valence-corrected chi connectivity index (χ3v) is 6.59. The van der Waals surface area contributed by atoms with Crippen molar-refractivity contribution < 1.29 is 19.1 Å². The molecule has 0 radical (unpaired) electrons. The van der Waals surface area contributed by atoms with E-state index in [0.717, 1.165) is 18.4 Å². The molecule has 4 rings (SSSR count). The first-order chi connectivity index (χ1) is 16.5. The van der Waals surface area contributed by atoms with Crippen LogP contribution in [0.5, 0.6) is 5.88 Å². The minimum absolute atomic E-state index is 0.0265. The number of nitrogens with zero attached hydrogens (tertiary/aromatic N) is 3. The number of fused-ring (bicyclic) bond motifs is 3. The molecule has 2 aliphatic heterocycles. The summed E-state index contributed by atoms with van der Waals surface area (Å²) < 4.78 is 5.73. The van der Waals surface area contributed by atoms with Crippen molar-refractivity contribution in [1.82, 2.24) is 15.2 Å². The lowest BCUT2D eigenvalue weighted by molar-refractivity contribution is -0.121. The largest absolute Gasteiger partial charge is 0.477 e. The maximum Gasteiger partial charge on any atom is 0.257 e. The molecular formula is C26H32N4O4. The van der Waals surface area contributed by atoms with Crippen molar-refractivity contribution in [3.8, 4) is 5.88 Å². The van der Waals surface area contributed by atoms with Crippen LogP contribution in [0.4, 0.5) is 5.69 Å². The molecule has 3 amide bonds. The highest BCUT2D eigenvalue weighted by Crippen LogP contribution is 2.44.